The molecule has 0 amide bonds. The largest absolute Gasteiger partial charge is 0.491 e. The molecule has 0 aliphatic rings. The third kappa shape index (κ3) is 4.30. The lowest BCUT2D eigenvalue weighted by Crippen LogP contribution is -2.35. The Morgan fingerprint density at radius 2 is 1.81 bits per heavy atom. The van der Waals surface area contributed by atoms with E-state index in [2.05, 4.69) is 0 Å². The van der Waals surface area contributed by atoms with E-state index in [0.29, 0.717) is 6.42 Å². The van der Waals surface area contributed by atoms with Crippen LogP contribution in [0.15, 0.2) is 48.5 Å². The number of halogens is 1. The Hall–Kier alpha value is -1.87. The Kier molecular flexibility index (Phi) is 4.63. The molecule has 0 heterocycles. The van der Waals surface area contributed by atoms with Gasteiger partial charge in [0.05, 0.1) is 6.10 Å². The average molecular weight is 287 g/mol. The van der Waals surface area contributed by atoms with Gasteiger partial charge < -0.3 is 10.5 Å². The van der Waals surface area contributed by atoms with Crippen molar-refractivity contribution in [1.82, 2.24) is 0 Å². The van der Waals surface area contributed by atoms with Gasteiger partial charge in [-0.3, -0.25) is 0 Å². The van der Waals surface area contributed by atoms with Gasteiger partial charge >= 0.3 is 0 Å². The molecule has 112 valence electrons. The molecule has 0 fully saturated rings. The maximum Gasteiger partial charge on any atom is 0.123 e. The molecule has 0 aliphatic carbocycles. The minimum atomic E-state index is -0.551. The highest BCUT2D eigenvalue weighted by atomic mass is 19.1. The average Bonchev–Trinajstić information content (AvgIpc) is 2.38. The van der Waals surface area contributed by atoms with E-state index in [9.17, 15) is 4.39 Å². The summed E-state index contributed by atoms with van der Waals surface area (Å²) >= 11 is 0. The minimum absolute atomic E-state index is 0.146. The van der Waals surface area contributed by atoms with Crippen molar-refractivity contribution in [1.29, 1.82) is 0 Å². The van der Waals surface area contributed by atoms with Gasteiger partial charge in [-0.2, -0.15) is 0 Å². The van der Waals surface area contributed by atoms with Gasteiger partial charge in [0.1, 0.15) is 11.6 Å². The van der Waals surface area contributed by atoms with Crippen LogP contribution in [0.5, 0.6) is 5.75 Å². The van der Waals surface area contributed by atoms with Crippen LogP contribution in [0.3, 0.4) is 0 Å². The third-order valence-electron chi connectivity index (χ3n) is 3.35. The van der Waals surface area contributed by atoms with Crippen molar-refractivity contribution in [2.24, 2.45) is 5.73 Å². The quantitative estimate of drug-likeness (QED) is 0.901. The number of ether oxygens (including phenoxy) is 1. The second-order valence-corrected chi connectivity index (χ2v) is 5.92. The van der Waals surface area contributed by atoms with Crippen LogP contribution < -0.4 is 10.5 Å². The van der Waals surface area contributed by atoms with Gasteiger partial charge in [0.15, 0.2) is 0 Å². The Balaban J connectivity index is 2.15. The van der Waals surface area contributed by atoms with Crippen LogP contribution in [0.2, 0.25) is 0 Å². The molecule has 3 heteroatoms. The topological polar surface area (TPSA) is 35.2 Å². The van der Waals surface area contributed by atoms with E-state index in [4.69, 9.17) is 10.5 Å². The van der Waals surface area contributed by atoms with Crippen LogP contribution in [-0.4, -0.2) is 6.10 Å². The summed E-state index contributed by atoms with van der Waals surface area (Å²) in [6.07, 6.45) is 0.724. The van der Waals surface area contributed by atoms with Gasteiger partial charge in [0.25, 0.3) is 0 Å². The van der Waals surface area contributed by atoms with E-state index in [1.54, 1.807) is 6.07 Å². The Morgan fingerprint density at radius 3 is 2.38 bits per heavy atom. The molecule has 2 nitrogen and oxygen atoms in total. The molecule has 0 spiro atoms. The summed E-state index contributed by atoms with van der Waals surface area (Å²) in [5.41, 5.74) is 7.75. The summed E-state index contributed by atoms with van der Waals surface area (Å²) in [7, 11) is 0. The van der Waals surface area contributed by atoms with Crippen molar-refractivity contribution in [3.63, 3.8) is 0 Å². The van der Waals surface area contributed by atoms with E-state index in [1.807, 2.05) is 51.1 Å². The standard InChI is InChI=1S/C18H22FNO/c1-13(2)21-17-9-7-15(8-10-17)18(3,20)12-14-5-4-6-16(19)11-14/h4-11,13H,12,20H2,1-3H3. The smallest absolute Gasteiger partial charge is 0.123 e. The Morgan fingerprint density at radius 1 is 1.14 bits per heavy atom. The first-order valence-corrected chi connectivity index (χ1v) is 7.17. The molecule has 1 unspecified atom stereocenters. The first-order chi connectivity index (χ1) is 9.87. The van der Waals surface area contributed by atoms with Crippen LogP contribution >= 0.6 is 0 Å². The van der Waals surface area contributed by atoms with Crippen molar-refractivity contribution < 1.29 is 9.13 Å². The summed E-state index contributed by atoms with van der Waals surface area (Å²) in [6, 6.07) is 14.4. The number of rotatable bonds is 5. The molecule has 0 saturated carbocycles. The Bertz CT molecular complexity index is 590. The molecule has 0 bridgehead atoms. The van der Waals surface area contributed by atoms with Crippen molar-refractivity contribution in [3.8, 4) is 5.75 Å². The number of hydrogen-bond donors (Lipinski definition) is 1. The minimum Gasteiger partial charge on any atom is -0.491 e. The summed E-state index contributed by atoms with van der Waals surface area (Å²) < 4.78 is 18.9. The van der Waals surface area contributed by atoms with Crippen molar-refractivity contribution in [2.45, 2.75) is 38.8 Å². The van der Waals surface area contributed by atoms with E-state index in [1.165, 1.54) is 12.1 Å². The van der Waals surface area contributed by atoms with Crippen molar-refractivity contribution in [2.75, 3.05) is 0 Å². The summed E-state index contributed by atoms with van der Waals surface area (Å²) in [5, 5.41) is 0. The molecule has 2 aromatic rings. The Labute approximate surface area is 125 Å². The molecule has 2 N–H and O–H groups in total. The first kappa shape index (κ1) is 15.5. The molecule has 0 aliphatic heterocycles. The zero-order chi connectivity index (χ0) is 15.5. The molecular formula is C18H22FNO. The molecule has 2 rings (SSSR count). The molecule has 1 atom stereocenters. The maximum absolute atomic E-state index is 13.3. The maximum atomic E-state index is 13.3. The SMILES string of the molecule is CC(C)Oc1ccc(C(C)(N)Cc2cccc(F)c2)cc1. The molecule has 21 heavy (non-hydrogen) atoms. The second-order valence-electron chi connectivity index (χ2n) is 5.92. The molecule has 0 aromatic heterocycles. The zero-order valence-electron chi connectivity index (χ0n) is 12.8. The number of benzene rings is 2. The fourth-order valence-electron chi connectivity index (χ4n) is 2.36. The molecular weight excluding hydrogens is 265 g/mol. The van der Waals surface area contributed by atoms with E-state index >= 15 is 0 Å². The van der Waals surface area contributed by atoms with Crippen LogP contribution in [0, 0.1) is 5.82 Å². The van der Waals surface area contributed by atoms with Gasteiger partial charge in [-0.15, -0.1) is 0 Å². The van der Waals surface area contributed by atoms with Crippen molar-refractivity contribution >= 4 is 0 Å². The summed E-state index contributed by atoms with van der Waals surface area (Å²) in [4.78, 5) is 0. The molecule has 0 radical (unpaired) electrons. The highest BCUT2D eigenvalue weighted by Gasteiger charge is 2.22. The summed E-state index contributed by atoms with van der Waals surface area (Å²) in [6.45, 7) is 5.94. The lowest BCUT2D eigenvalue weighted by atomic mass is 9.86. The fourth-order valence-corrected chi connectivity index (χ4v) is 2.36. The van der Waals surface area contributed by atoms with Gasteiger partial charge in [-0.1, -0.05) is 24.3 Å². The van der Waals surface area contributed by atoms with Gasteiger partial charge in [0.2, 0.25) is 0 Å². The van der Waals surface area contributed by atoms with Crippen LogP contribution in [0.4, 0.5) is 4.39 Å². The predicted octanol–water partition coefficient (Wildman–Crippen LogP) is 4.03. The van der Waals surface area contributed by atoms with Crippen LogP contribution in [0.25, 0.3) is 0 Å². The molecule has 2 aromatic carbocycles. The van der Waals surface area contributed by atoms with E-state index < -0.39 is 5.54 Å². The van der Waals surface area contributed by atoms with E-state index in [0.717, 1.165) is 16.9 Å². The predicted molar refractivity (Wildman–Crippen MR) is 83.8 cm³/mol. The highest BCUT2D eigenvalue weighted by Crippen LogP contribution is 2.25. The fraction of sp³-hybridized carbons (Fsp3) is 0.333. The lowest BCUT2D eigenvalue weighted by molar-refractivity contribution is 0.242. The highest BCUT2D eigenvalue weighted by molar-refractivity contribution is 5.33. The number of nitrogens with two attached hydrogens (primary N) is 1. The summed E-state index contributed by atoms with van der Waals surface area (Å²) in [5.74, 6) is 0.597. The normalized spacial score (nSPS) is 14.0. The first-order valence-electron chi connectivity index (χ1n) is 7.17. The number of hydrogen-bond acceptors (Lipinski definition) is 2. The van der Waals surface area contributed by atoms with E-state index in [-0.39, 0.29) is 11.9 Å². The van der Waals surface area contributed by atoms with Gasteiger partial charge in [-0.25, -0.2) is 4.39 Å². The van der Waals surface area contributed by atoms with Crippen molar-refractivity contribution in [3.05, 3.63) is 65.5 Å². The lowest BCUT2D eigenvalue weighted by Gasteiger charge is -2.26. The second kappa shape index (κ2) is 6.27. The molecule has 0 saturated heterocycles. The monoisotopic (exact) mass is 287 g/mol. The van der Waals surface area contributed by atoms with Crippen LogP contribution in [0.1, 0.15) is 31.9 Å². The van der Waals surface area contributed by atoms with Gasteiger partial charge in [0, 0.05) is 5.54 Å². The van der Waals surface area contributed by atoms with Crippen LogP contribution in [-0.2, 0) is 12.0 Å². The third-order valence-corrected chi connectivity index (χ3v) is 3.35. The van der Waals surface area contributed by atoms with Gasteiger partial charge in [-0.05, 0) is 62.6 Å². The zero-order valence-corrected chi connectivity index (χ0v) is 12.8.